The van der Waals surface area contributed by atoms with E-state index in [1.807, 2.05) is 12.1 Å². The molecule has 5 heteroatoms. The molecule has 2 aromatic rings. The first-order valence-electron chi connectivity index (χ1n) is 7.05. The number of nitrogens with zero attached hydrogens (tertiary/aromatic N) is 1. The van der Waals surface area contributed by atoms with Crippen molar-refractivity contribution in [2.75, 3.05) is 19.7 Å². The molecular weight excluding hydrogens is 305 g/mol. The summed E-state index contributed by atoms with van der Waals surface area (Å²) in [6.45, 7) is 1.47. The summed E-state index contributed by atoms with van der Waals surface area (Å²) in [6.07, 6.45) is -0.171. The molecule has 1 aliphatic rings. The fraction of sp³-hybridized carbons (Fsp3) is 0.235. The molecule has 0 spiro atoms. The Morgan fingerprint density at radius 1 is 1.14 bits per heavy atom. The molecule has 3 rings (SSSR count). The zero-order chi connectivity index (χ0) is 15.5. The number of hydrogen-bond donors (Lipinski definition) is 0. The molecule has 3 nitrogen and oxygen atoms in total. The number of halogens is 2. The molecule has 1 fully saturated rings. The first-order chi connectivity index (χ1) is 10.6. The third kappa shape index (κ3) is 3.29. The lowest BCUT2D eigenvalue weighted by molar-refractivity contribution is -0.0228. The second kappa shape index (κ2) is 6.46. The maximum atomic E-state index is 13.0. The van der Waals surface area contributed by atoms with E-state index in [4.69, 9.17) is 16.3 Å². The summed E-state index contributed by atoms with van der Waals surface area (Å²) in [6, 6.07) is 13.0. The summed E-state index contributed by atoms with van der Waals surface area (Å²) in [4.78, 5) is 14.2. The van der Waals surface area contributed by atoms with Gasteiger partial charge in [-0.1, -0.05) is 23.7 Å². The highest BCUT2D eigenvalue weighted by atomic mass is 35.5. The molecule has 0 radical (unpaired) electrons. The van der Waals surface area contributed by atoms with E-state index in [1.54, 1.807) is 17.0 Å². The SMILES string of the molecule is O=C(c1ccc(F)cc1)N1CCOC(c2ccc(Cl)cc2)C1. The van der Waals surface area contributed by atoms with E-state index in [0.717, 1.165) is 5.56 Å². The van der Waals surface area contributed by atoms with Gasteiger partial charge in [0.25, 0.3) is 5.91 Å². The number of morpholine rings is 1. The number of carbonyl (C=O) groups excluding carboxylic acids is 1. The predicted octanol–water partition coefficient (Wildman–Crippen LogP) is 3.69. The van der Waals surface area contributed by atoms with E-state index in [1.165, 1.54) is 24.3 Å². The average molecular weight is 320 g/mol. The molecule has 0 aliphatic carbocycles. The lowest BCUT2D eigenvalue weighted by Crippen LogP contribution is -2.42. The molecule has 1 aliphatic heterocycles. The molecule has 1 saturated heterocycles. The van der Waals surface area contributed by atoms with Crippen molar-refractivity contribution in [3.05, 3.63) is 70.5 Å². The maximum Gasteiger partial charge on any atom is 0.254 e. The van der Waals surface area contributed by atoms with Crippen molar-refractivity contribution in [2.45, 2.75) is 6.10 Å². The van der Waals surface area contributed by atoms with Gasteiger partial charge >= 0.3 is 0 Å². The van der Waals surface area contributed by atoms with Gasteiger partial charge in [-0.05, 0) is 42.0 Å². The van der Waals surface area contributed by atoms with E-state index in [0.29, 0.717) is 30.3 Å². The summed E-state index contributed by atoms with van der Waals surface area (Å²) in [5.74, 6) is -0.458. The van der Waals surface area contributed by atoms with Crippen LogP contribution in [0.3, 0.4) is 0 Å². The van der Waals surface area contributed by atoms with Crippen molar-refractivity contribution in [3.63, 3.8) is 0 Å². The van der Waals surface area contributed by atoms with Gasteiger partial charge in [-0.25, -0.2) is 4.39 Å². The Bertz CT molecular complexity index is 657. The Balaban J connectivity index is 1.73. The van der Waals surface area contributed by atoms with E-state index < -0.39 is 0 Å². The van der Waals surface area contributed by atoms with Crippen molar-refractivity contribution in [2.24, 2.45) is 0 Å². The van der Waals surface area contributed by atoms with Crippen LogP contribution in [0.1, 0.15) is 22.0 Å². The highest BCUT2D eigenvalue weighted by Gasteiger charge is 2.26. The zero-order valence-electron chi connectivity index (χ0n) is 11.8. The van der Waals surface area contributed by atoms with Crippen LogP contribution >= 0.6 is 11.6 Å². The third-order valence-electron chi connectivity index (χ3n) is 3.69. The number of amides is 1. The normalized spacial score (nSPS) is 18.3. The number of rotatable bonds is 2. The van der Waals surface area contributed by atoms with Gasteiger partial charge in [0.2, 0.25) is 0 Å². The number of hydrogen-bond acceptors (Lipinski definition) is 2. The largest absolute Gasteiger partial charge is 0.370 e. The van der Waals surface area contributed by atoms with Crippen LogP contribution in [0, 0.1) is 5.82 Å². The third-order valence-corrected chi connectivity index (χ3v) is 3.94. The summed E-state index contributed by atoms with van der Waals surface area (Å²) < 4.78 is 18.7. The standard InChI is InChI=1S/C17H15ClFNO2/c18-14-5-1-12(2-6-14)16-11-20(9-10-22-16)17(21)13-3-7-15(19)8-4-13/h1-8,16H,9-11H2. The summed E-state index contributed by atoms with van der Waals surface area (Å²) in [5.41, 5.74) is 1.47. The van der Waals surface area contributed by atoms with Crippen molar-refractivity contribution >= 4 is 17.5 Å². The second-order valence-electron chi connectivity index (χ2n) is 5.17. The van der Waals surface area contributed by atoms with Gasteiger partial charge in [0.05, 0.1) is 13.2 Å². The summed E-state index contributed by atoms with van der Waals surface area (Å²) >= 11 is 5.89. The molecule has 1 unspecified atom stereocenters. The van der Waals surface area contributed by atoms with Gasteiger partial charge in [0, 0.05) is 17.1 Å². The molecule has 22 heavy (non-hydrogen) atoms. The van der Waals surface area contributed by atoms with E-state index in [9.17, 15) is 9.18 Å². The first kappa shape index (κ1) is 15.0. The van der Waals surface area contributed by atoms with Crippen LogP contribution in [0.4, 0.5) is 4.39 Å². The number of ether oxygens (including phenoxy) is 1. The Morgan fingerprint density at radius 3 is 2.50 bits per heavy atom. The van der Waals surface area contributed by atoms with Gasteiger partial charge in [-0.15, -0.1) is 0 Å². The highest BCUT2D eigenvalue weighted by molar-refractivity contribution is 6.30. The van der Waals surface area contributed by atoms with Crippen molar-refractivity contribution in [1.29, 1.82) is 0 Å². The second-order valence-corrected chi connectivity index (χ2v) is 5.61. The van der Waals surface area contributed by atoms with Crippen LogP contribution in [0.2, 0.25) is 5.02 Å². The Hall–Kier alpha value is -1.91. The van der Waals surface area contributed by atoms with Crippen LogP contribution in [-0.4, -0.2) is 30.5 Å². The van der Waals surface area contributed by atoms with Crippen molar-refractivity contribution in [3.8, 4) is 0 Å². The fourth-order valence-corrected chi connectivity index (χ4v) is 2.61. The predicted molar refractivity (Wildman–Crippen MR) is 82.4 cm³/mol. The fourth-order valence-electron chi connectivity index (χ4n) is 2.49. The number of carbonyl (C=O) groups is 1. The molecule has 0 aromatic heterocycles. The molecular formula is C17H15ClFNO2. The molecule has 0 saturated carbocycles. The molecule has 2 aromatic carbocycles. The van der Waals surface area contributed by atoms with Gasteiger partial charge in [-0.3, -0.25) is 4.79 Å². The van der Waals surface area contributed by atoms with E-state index in [-0.39, 0.29) is 17.8 Å². The highest BCUT2D eigenvalue weighted by Crippen LogP contribution is 2.24. The zero-order valence-corrected chi connectivity index (χ0v) is 12.6. The van der Waals surface area contributed by atoms with E-state index >= 15 is 0 Å². The molecule has 0 N–H and O–H groups in total. The maximum absolute atomic E-state index is 13.0. The van der Waals surface area contributed by atoms with E-state index in [2.05, 4.69) is 0 Å². The smallest absolute Gasteiger partial charge is 0.254 e. The minimum atomic E-state index is -0.349. The van der Waals surface area contributed by atoms with Crippen LogP contribution < -0.4 is 0 Å². The lowest BCUT2D eigenvalue weighted by atomic mass is 10.1. The quantitative estimate of drug-likeness (QED) is 0.845. The minimum Gasteiger partial charge on any atom is -0.370 e. The molecule has 1 amide bonds. The van der Waals surface area contributed by atoms with Crippen molar-refractivity contribution < 1.29 is 13.9 Å². The average Bonchev–Trinajstić information content (AvgIpc) is 2.56. The van der Waals surface area contributed by atoms with Crippen LogP contribution in [-0.2, 0) is 4.74 Å². The van der Waals surface area contributed by atoms with Gasteiger partial charge in [0.15, 0.2) is 0 Å². The van der Waals surface area contributed by atoms with Crippen LogP contribution in [0.5, 0.6) is 0 Å². The Morgan fingerprint density at radius 2 is 1.82 bits per heavy atom. The van der Waals surface area contributed by atoms with Crippen LogP contribution in [0.15, 0.2) is 48.5 Å². The Kier molecular flexibility index (Phi) is 4.41. The van der Waals surface area contributed by atoms with Gasteiger partial charge in [0.1, 0.15) is 11.9 Å². The van der Waals surface area contributed by atoms with Gasteiger partial charge in [-0.2, -0.15) is 0 Å². The topological polar surface area (TPSA) is 29.5 Å². The molecule has 114 valence electrons. The van der Waals surface area contributed by atoms with Gasteiger partial charge < -0.3 is 9.64 Å². The molecule has 1 atom stereocenters. The lowest BCUT2D eigenvalue weighted by Gasteiger charge is -2.33. The molecule has 0 bridgehead atoms. The summed E-state index contributed by atoms with van der Waals surface area (Å²) in [7, 11) is 0. The first-order valence-corrected chi connectivity index (χ1v) is 7.43. The van der Waals surface area contributed by atoms with Crippen LogP contribution in [0.25, 0.3) is 0 Å². The monoisotopic (exact) mass is 319 g/mol. The van der Waals surface area contributed by atoms with Crippen molar-refractivity contribution in [1.82, 2.24) is 4.90 Å². The number of benzene rings is 2. The molecule has 1 heterocycles. The summed E-state index contributed by atoms with van der Waals surface area (Å²) in [5, 5.41) is 0.666. The Labute approximate surface area is 133 Å². The minimum absolute atomic E-state index is 0.109.